The third kappa shape index (κ3) is 4.51. The number of hydrogen-bond donors (Lipinski definition) is 0. The molecule has 0 spiro atoms. The number of rotatable bonds is 6. The lowest BCUT2D eigenvalue weighted by Gasteiger charge is -2.30. The fourth-order valence-electron chi connectivity index (χ4n) is 1.97. The summed E-state index contributed by atoms with van der Waals surface area (Å²) in [6.07, 6.45) is 1.66. The molecular formula is C13H22ClN3OS. The van der Waals surface area contributed by atoms with Crippen LogP contribution in [0.1, 0.15) is 27.7 Å². The van der Waals surface area contributed by atoms with Crippen molar-refractivity contribution < 1.29 is 0 Å². The molecule has 0 aliphatic carbocycles. The molecule has 0 saturated carbocycles. The minimum Gasteiger partial charge on any atom is -0.298 e. The Morgan fingerprint density at radius 3 is 2.47 bits per heavy atom. The maximum absolute atomic E-state index is 11.6. The lowest BCUT2D eigenvalue weighted by molar-refractivity contribution is 0.187. The Morgan fingerprint density at radius 1 is 1.37 bits per heavy atom. The molecule has 0 fully saturated rings. The van der Waals surface area contributed by atoms with Crippen LogP contribution in [0.25, 0.3) is 0 Å². The average Bonchev–Trinajstić information content (AvgIpc) is 2.33. The largest absolute Gasteiger partial charge is 0.298 e. The van der Waals surface area contributed by atoms with Gasteiger partial charge in [0.25, 0.3) is 5.56 Å². The monoisotopic (exact) mass is 303 g/mol. The van der Waals surface area contributed by atoms with Gasteiger partial charge in [-0.25, -0.2) is 4.68 Å². The molecule has 6 heteroatoms. The van der Waals surface area contributed by atoms with E-state index < -0.39 is 0 Å². The van der Waals surface area contributed by atoms with Crippen LogP contribution in [-0.2, 0) is 7.05 Å². The lowest BCUT2D eigenvalue weighted by Crippen LogP contribution is -2.38. The van der Waals surface area contributed by atoms with Crippen LogP contribution in [-0.4, -0.2) is 39.1 Å². The number of halogens is 1. The molecule has 1 aromatic rings. The molecule has 0 aliphatic rings. The van der Waals surface area contributed by atoms with E-state index >= 15 is 0 Å². The first-order chi connectivity index (χ1) is 8.84. The molecule has 1 heterocycles. The molecule has 4 nitrogen and oxygen atoms in total. The van der Waals surface area contributed by atoms with Crippen molar-refractivity contribution in [2.75, 3.05) is 12.3 Å². The zero-order chi connectivity index (χ0) is 14.6. The van der Waals surface area contributed by atoms with Crippen molar-refractivity contribution in [2.24, 2.45) is 7.05 Å². The van der Waals surface area contributed by atoms with Crippen molar-refractivity contribution in [1.29, 1.82) is 0 Å². The average molecular weight is 304 g/mol. The van der Waals surface area contributed by atoms with Crippen LogP contribution in [0.3, 0.4) is 0 Å². The van der Waals surface area contributed by atoms with Gasteiger partial charge in [-0.2, -0.15) is 5.10 Å². The van der Waals surface area contributed by atoms with Gasteiger partial charge in [0.15, 0.2) is 0 Å². The second kappa shape index (κ2) is 7.31. The van der Waals surface area contributed by atoms with Gasteiger partial charge in [-0.1, -0.05) is 11.6 Å². The van der Waals surface area contributed by atoms with Crippen molar-refractivity contribution in [2.45, 2.75) is 44.7 Å². The Kier molecular flexibility index (Phi) is 6.36. The molecule has 0 bridgehead atoms. The predicted octanol–water partition coefficient (Wildman–Crippen LogP) is 2.64. The molecule has 0 amide bonds. The van der Waals surface area contributed by atoms with Crippen molar-refractivity contribution in [3.05, 3.63) is 21.6 Å². The Balaban J connectivity index is 2.63. The molecule has 0 unspecified atom stereocenters. The third-order valence-corrected chi connectivity index (χ3v) is 4.46. The van der Waals surface area contributed by atoms with Gasteiger partial charge in [0.05, 0.1) is 11.1 Å². The Bertz CT molecular complexity index is 465. The minimum absolute atomic E-state index is 0.240. The van der Waals surface area contributed by atoms with Gasteiger partial charge in [0, 0.05) is 31.4 Å². The van der Waals surface area contributed by atoms with Crippen molar-refractivity contribution in [3.8, 4) is 0 Å². The van der Waals surface area contributed by atoms with Crippen LogP contribution < -0.4 is 5.56 Å². The number of hydrogen-bond acceptors (Lipinski definition) is 4. The molecule has 19 heavy (non-hydrogen) atoms. The molecule has 0 aliphatic heterocycles. The standard InChI is InChI=1S/C13H22ClN3OS/c1-9(2)17(10(3)4)6-7-19-11-8-15-16(5)13(18)12(11)14/h8-10H,6-7H2,1-5H3. The first kappa shape index (κ1) is 16.5. The second-order valence-corrected chi connectivity index (χ2v) is 6.54. The molecule has 0 N–H and O–H groups in total. The van der Waals surface area contributed by atoms with Gasteiger partial charge in [0.2, 0.25) is 0 Å². The van der Waals surface area contributed by atoms with Gasteiger partial charge in [-0.15, -0.1) is 11.8 Å². The van der Waals surface area contributed by atoms with Gasteiger partial charge >= 0.3 is 0 Å². The van der Waals surface area contributed by atoms with E-state index in [-0.39, 0.29) is 10.6 Å². The van der Waals surface area contributed by atoms with Gasteiger partial charge in [-0.3, -0.25) is 9.69 Å². The summed E-state index contributed by atoms with van der Waals surface area (Å²) >= 11 is 7.61. The maximum Gasteiger partial charge on any atom is 0.286 e. The third-order valence-electron chi connectivity index (χ3n) is 2.98. The fourth-order valence-corrected chi connectivity index (χ4v) is 3.16. The van der Waals surface area contributed by atoms with Crippen LogP contribution in [0, 0.1) is 0 Å². The van der Waals surface area contributed by atoms with E-state index in [0.29, 0.717) is 12.1 Å². The van der Waals surface area contributed by atoms with Gasteiger partial charge in [0.1, 0.15) is 5.02 Å². The summed E-state index contributed by atoms with van der Waals surface area (Å²) in [7, 11) is 1.60. The summed E-state index contributed by atoms with van der Waals surface area (Å²) < 4.78 is 1.25. The quantitative estimate of drug-likeness (QED) is 0.757. The highest BCUT2D eigenvalue weighted by Gasteiger charge is 2.14. The summed E-state index contributed by atoms with van der Waals surface area (Å²) in [6, 6.07) is 1.02. The smallest absolute Gasteiger partial charge is 0.286 e. The first-order valence-corrected chi connectivity index (χ1v) is 7.81. The summed E-state index contributed by atoms with van der Waals surface area (Å²) in [5, 5.41) is 4.26. The van der Waals surface area contributed by atoms with Gasteiger partial charge in [-0.05, 0) is 27.7 Å². The maximum atomic E-state index is 11.6. The number of thioether (sulfide) groups is 1. The van der Waals surface area contributed by atoms with E-state index in [4.69, 9.17) is 11.6 Å². The second-order valence-electron chi connectivity index (χ2n) is 5.03. The summed E-state index contributed by atoms with van der Waals surface area (Å²) in [4.78, 5) is 14.8. The lowest BCUT2D eigenvalue weighted by atomic mass is 10.2. The zero-order valence-corrected chi connectivity index (χ0v) is 13.8. The van der Waals surface area contributed by atoms with Crippen molar-refractivity contribution in [3.63, 3.8) is 0 Å². The van der Waals surface area contributed by atoms with E-state index in [1.165, 1.54) is 4.68 Å². The minimum atomic E-state index is -0.240. The summed E-state index contributed by atoms with van der Waals surface area (Å²) in [6.45, 7) is 9.73. The first-order valence-electron chi connectivity index (χ1n) is 6.45. The summed E-state index contributed by atoms with van der Waals surface area (Å²) in [5.74, 6) is 0.894. The number of aromatic nitrogens is 2. The van der Waals surface area contributed by atoms with Gasteiger partial charge < -0.3 is 0 Å². The molecule has 108 valence electrons. The van der Waals surface area contributed by atoms with E-state index in [2.05, 4.69) is 37.7 Å². The number of aryl methyl sites for hydroxylation is 1. The zero-order valence-electron chi connectivity index (χ0n) is 12.2. The molecular weight excluding hydrogens is 282 g/mol. The van der Waals surface area contributed by atoms with E-state index in [0.717, 1.165) is 17.2 Å². The molecule has 1 rings (SSSR count). The van der Waals surface area contributed by atoms with Crippen LogP contribution in [0.4, 0.5) is 0 Å². The van der Waals surface area contributed by atoms with Crippen LogP contribution >= 0.6 is 23.4 Å². The van der Waals surface area contributed by atoms with Crippen LogP contribution in [0.5, 0.6) is 0 Å². The normalized spacial score (nSPS) is 11.8. The molecule has 0 saturated heterocycles. The van der Waals surface area contributed by atoms with Crippen molar-refractivity contribution in [1.82, 2.24) is 14.7 Å². The topological polar surface area (TPSA) is 38.1 Å². The molecule has 0 radical (unpaired) electrons. The highest BCUT2D eigenvalue weighted by atomic mass is 35.5. The van der Waals surface area contributed by atoms with Crippen LogP contribution in [0.15, 0.2) is 15.9 Å². The highest BCUT2D eigenvalue weighted by Crippen LogP contribution is 2.23. The van der Waals surface area contributed by atoms with E-state index in [1.54, 1.807) is 25.0 Å². The SMILES string of the molecule is CC(C)N(CCSc1cnn(C)c(=O)c1Cl)C(C)C. The summed E-state index contributed by atoms with van der Waals surface area (Å²) in [5.41, 5.74) is -0.240. The Labute approximate surface area is 124 Å². The Morgan fingerprint density at radius 2 is 1.95 bits per heavy atom. The predicted molar refractivity (Wildman–Crippen MR) is 82.2 cm³/mol. The molecule has 0 aromatic carbocycles. The molecule has 1 aromatic heterocycles. The van der Waals surface area contributed by atoms with Crippen LogP contribution in [0.2, 0.25) is 5.02 Å². The van der Waals surface area contributed by atoms with E-state index in [9.17, 15) is 4.79 Å². The van der Waals surface area contributed by atoms with E-state index in [1.807, 2.05) is 0 Å². The fraction of sp³-hybridized carbons (Fsp3) is 0.692. The highest BCUT2D eigenvalue weighted by molar-refractivity contribution is 7.99. The number of nitrogens with zero attached hydrogens (tertiary/aromatic N) is 3. The molecule has 0 atom stereocenters. The Hall–Kier alpha value is -0.520. The van der Waals surface area contributed by atoms with Crippen molar-refractivity contribution >= 4 is 23.4 Å².